The Morgan fingerprint density at radius 3 is 1.82 bits per heavy atom. The van der Waals surface area contributed by atoms with Crippen LogP contribution in [0, 0.1) is 0 Å². The van der Waals surface area contributed by atoms with Gasteiger partial charge in [0.25, 0.3) is 0 Å². The Hall–Kier alpha value is -6.66. The van der Waals surface area contributed by atoms with E-state index < -0.39 is 0 Å². The van der Waals surface area contributed by atoms with Crippen LogP contribution in [0.3, 0.4) is 0 Å². The summed E-state index contributed by atoms with van der Waals surface area (Å²) in [6.45, 7) is 0. The standard InChI is InChI=1S/C50H27N3S2/c1-3-15-34-30(11-1)31-12-2-4-16-35(31)49-47(34)48(29-22-23-44-39(25-29)33-14-6-9-19-42(33)54-44)51-50(52-49)53-40-18-8-5-13-32(40)38-27-37-28(26-41(38)53)21-24-45-46(37)36-17-7-10-20-43(36)55-45/h1-27H. The Balaban J connectivity index is 1.19. The van der Waals surface area contributed by atoms with Gasteiger partial charge in [-0.1, -0.05) is 115 Å². The maximum absolute atomic E-state index is 5.66. The SMILES string of the molecule is c1ccc2c(c1)sc1ccc(-c3nc(-n4c5ccccc5c5cc6c(ccc7sc8ccccc8c76)cc54)nc4c5ccccc5c5ccccc5c34)cc12. The second-order valence-electron chi connectivity index (χ2n) is 14.5. The topological polar surface area (TPSA) is 30.7 Å². The van der Waals surface area contributed by atoms with Gasteiger partial charge in [-0.05, 0) is 75.5 Å². The van der Waals surface area contributed by atoms with Gasteiger partial charge in [0.15, 0.2) is 0 Å². The van der Waals surface area contributed by atoms with Crippen molar-refractivity contribution < 1.29 is 0 Å². The Morgan fingerprint density at radius 2 is 0.982 bits per heavy atom. The molecule has 13 rings (SSSR count). The van der Waals surface area contributed by atoms with E-state index in [0.717, 1.165) is 44.0 Å². The largest absolute Gasteiger partial charge is 0.278 e. The molecular weight excluding hydrogens is 707 g/mol. The van der Waals surface area contributed by atoms with Crippen LogP contribution in [0.2, 0.25) is 0 Å². The van der Waals surface area contributed by atoms with Gasteiger partial charge < -0.3 is 0 Å². The van der Waals surface area contributed by atoms with Crippen molar-refractivity contribution in [3.63, 3.8) is 0 Å². The van der Waals surface area contributed by atoms with Crippen LogP contribution in [0.1, 0.15) is 0 Å². The van der Waals surface area contributed by atoms with Gasteiger partial charge in [-0.15, -0.1) is 22.7 Å². The predicted molar refractivity (Wildman–Crippen MR) is 238 cm³/mol. The number of rotatable bonds is 2. The fraction of sp³-hybridized carbons (Fsp3) is 0. The van der Waals surface area contributed by atoms with Gasteiger partial charge >= 0.3 is 0 Å². The molecule has 0 unspecified atom stereocenters. The zero-order chi connectivity index (χ0) is 35.8. The van der Waals surface area contributed by atoms with Crippen LogP contribution in [0.4, 0.5) is 0 Å². The molecule has 0 spiro atoms. The lowest BCUT2D eigenvalue weighted by molar-refractivity contribution is 1.02. The van der Waals surface area contributed by atoms with E-state index in [0.29, 0.717) is 5.95 Å². The highest BCUT2D eigenvalue weighted by Gasteiger charge is 2.22. The second-order valence-corrected chi connectivity index (χ2v) is 16.6. The van der Waals surface area contributed by atoms with E-state index in [2.05, 4.69) is 168 Å². The lowest BCUT2D eigenvalue weighted by Gasteiger charge is -2.16. The van der Waals surface area contributed by atoms with E-state index in [4.69, 9.17) is 9.97 Å². The molecule has 254 valence electrons. The number of para-hydroxylation sites is 1. The van der Waals surface area contributed by atoms with Crippen LogP contribution >= 0.6 is 22.7 Å². The third-order valence-electron chi connectivity index (χ3n) is 11.6. The highest BCUT2D eigenvalue weighted by molar-refractivity contribution is 7.26. The van der Waals surface area contributed by atoms with Crippen molar-refractivity contribution >= 4 is 128 Å². The summed E-state index contributed by atoms with van der Waals surface area (Å²) < 4.78 is 7.50. The van der Waals surface area contributed by atoms with Crippen LogP contribution in [0.5, 0.6) is 0 Å². The summed E-state index contributed by atoms with van der Waals surface area (Å²) >= 11 is 3.71. The Labute approximate surface area is 322 Å². The molecule has 0 aliphatic carbocycles. The molecule has 0 aliphatic rings. The van der Waals surface area contributed by atoms with Crippen molar-refractivity contribution in [3.8, 4) is 17.2 Å². The van der Waals surface area contributed by atoms with E-state index in [1.807, 2.05) is 22.7 Å². The minimum absolute atomic E-state index is 0.672. The first-order valence-corrected chi connectivity index (χ1v) is 20.2. The van der Waals surface area contributed by atoms with Crippen molar-refractivity contribution in [2.45, 2.75) is 0 Å². The smallest absolute Gasteiger partial charge is 0.235 e. The zero-order valence-electron chi connectivity index (χ0n) is 29.2. The van der Waals surface area contributed by atoms with Crippen molar-refractivity contribution in [3.05, 3.63) is 164 Å². The zero-order valence-corrected chi connectivity index (χ0v) is 30.9. The molecule has 0 saturated carbocycles. The predicted octanol–water partition coefficient (Wildman–Crippen LogP) is 14.6. The fourth-order valence-electron chi connectivity index (χ4n) is 9.17. The maximum Gasteiger partial charge on any atom is 0.235 e. The first kappa shape index (κ1) is 29.8. The number of benzene rings is 9. The van der Waals surface area contributed by atoms with E-state index in [1.165, 1.54) is 72.7 Å². The number of hydrogen-bond acceptors (Lipinski definition) is 4. The molecule has 13 aromatic rings. The first-order valence-electron chi connectivity index (χ1n) is 18.6. The molecule has 0 aliphatic heterocycles. The molecule has 0 fully saturated rings. The fourth-order valence-corrected chi connectivity index (χ4v) is 11.4. The number of nitrogens with zero attached hydrogens (tertiary/aromatic N) is 3. The molecule has 55 heavy (non-hydrogen) atoms. The van der Waals surface area contributed by atoms with Crippen LogP contribution in [0.25, 0.3) is 123 Å². The summed E-state index contributed by atoms with van der Waals surface area (Å²) in [4.78, 5) is 11.3. The Bertz CT molecular complexity index is 3790. The van der Waals surface area contributed by atoms with Crippen molar-refractivity contribution in [1.29, 1.82) is 0 Å². The van der Waals surface area contributed by atoms with E-state index in [-0.39, 0.29) is 0 Å². The molecule has 0 bridgehead atoms. The lowest BCUT2D eigenvalue weighted by Crippen LogP contribution is -2.04. The molecule has 9 aromatic carbocycles. The van der Waals surface area contributed by atoms with Crippen LogP contribution in [0.15, 0.2) is 164 Å². The average Bonchev–Trinajstić information content (AvgIpc) is 3.92. The van der Waals surface area contributed by atoms with Gasteiger partial charge in [0.05, 0.1) is 22.2 Å². The number of thiophene rings is 2. The van der Waals surface area contributed by atoms with Gasteiger partial charge in [-0.2, -0.15) is 0 Å². The summed E-state index contributed by atoms with van der Waals surface area (Å²) in [5, 5.41) is 15.8. The third-order valence-corrected chi connectivity index (χ3v) is 13.9. The molecule has 0 saturated heterocycles. The van der Waals surface area contributed by atoms with Gasteiger partial charge in [-0.25, -0.2) is 9.97 Å². The Kier molecular flexibility index (Phi) is 5.93. The molecule has 4 heterocycles. The second kappa shape index (κ2) is 11.0. The minimum Gasteiger partial charge on any atom is -0.278 e. The third kappa shape index (κ3) is 4.09. The number of fused-ring (bicyclic) bond motifs is 17. The van der Waals surface area contributed by atoms with Gasteiger partial charge in [0.2, 0.25) is 5.95 Å². The summed E-state index contributed by atoms with van der Waals surface area (Å²) in [6, 6.07) is 59.8. The molecule has 4 aromatic heterocycles. The number of hydrogen-bond donors (Lipinski definition) is 0. The summed E-state index contributed by atoms with van der Waals surface area (Å²) in [7, 11) is 0. The molecule has 0 radical (unpaired) electrons. The maximum atomic E-state index is 5.66. The monoisotopic (exact) mass is 733 g/mol. The summed E-state index contributed by atoms with van der Waals surface area (Å²) in [6.07, 6.45) is 0. The van der Waals surface area contributed by atoms with Crippen LogP contribution in [-0.2, 0) is 0 Å². The van der Waals surface area contributed by atoms with Crippen molar-refractivity contribution in [2.24, 2.45) is 0 Å². The molecular formula is C50H27N3S2. The average molecular weight is 734 g/mol. The summed E-state index contributed by atoms with van der Waals surface area (Å²) in [5.41, 5.74) is 5.18. The highest BCUT2D eigenvalue weighted by atomic mass is 32.1. The molecule has 0 amide bonds. The van der Waals surface area contributed by atoms with E-state index in [1.54, 1.807) is 0 Å². The first-order chi connectivity index (χ1) is 27.3. The van der Waals surface area contributed by atoms with Gasteiger partial charge in [-0.3, -0.25) is 4.57 Å². The van der Waals surface area contributed by atoms with E-state index in [9.17, 15) is 0 Å². The summed E-state index contributed by atoms with van der Waals surface area (Å²) in [5.74, 6) is 0.672. The normalized spacial score (nSPS) is 12.4. The number of aromatic nitrogens is 3. The molecule has 5 heteroatoms. The van der Waals surface area contributed by atoms with E-state index >= 15 is 0 Å². The van der Waals surface area contributed by atoms with Crippen LogP contribution in [-0.4, -0.2) is 14.5 Å². The van der Waals surface area contributed by atoms with Crippen molar-refractivity contribution in [2.75, 3.05) is 0 Å². The van der Waals surface area contributed by atoms with Crippen molar-refractivity contribution in [1.82, 2.24) is 14.5 Å². The van der Waals surface area contributed by atoms with Gasteiger partial charge in [0.1, 0.15) is 0 Å². The van der Waals surface area contributed by atoms with Gasteiger partial charge in [0, 0.05) is 67.5 Å². The quantitative estimate of drug-likeness (QED) is 0.166. The Morgan fingerprint density at radius 1 is 0.364 bits per heavy atom. The lowest BCUT2D eigenvalue weighted by atomic mass is 9.94. The molecule has 0 atom stereocenters. The molecule has 0 N–H and O–H groups in total. The highest BCUT2D eigenvalue weighted by Crippen LogP contribution is 2.44. The minimum atomic E-state index is 0.672. The van der Waals surface area contributed by atoms with Crippen LogP contribution < -0.4 is 0 Å². The molecule has 3 nitrogen and oxygen atoms in total.